The number of phenolic OH excluding ortho intramolecular Hbond substituents is 1. The highest BCUT2D eigenvalue weighted by molar-refractivity contribution is 6.79. The Morgan fingerprint density at radius 2 is 1.83 bits per heavy atom. The van der Waals surface area contributed by atoms with Crippen LogP contribution in [0.15, 0.2) is 30.5 Å². The lowest BCUT2D eigenvalue weighted by molar-refractivity contribution is 0.474. The Morgan fingerprint density at radius 3 is 2.43 bits per heavy atom. The van der Waals surface area contributed by atoms with Crippen molar-refractivity contribution in [3.05, 3.63) is 36.0 Å². The Morgan fingerprint density at radius 1 is 1.09 bits per heavy atom. The van der Waals surface area contributed by atoms with Crippen LogP contribution < -0.4 is 0 Å². The van der Waals surface area contributed by atoms with E-state index >= 15 is 0 Å². The predicted molar refractivity (Wildman–Crippen MR) is 103 cm³/mol. The fourth-order valence-electron chi connectivity index (χ4n) is 3.46. The molecule has 1 N–H and O–H groups in total. The van der Waals surface area contributed by atoms with Gasteiger partial charge in [-0.3, -0.25) is 0 Å². The van der Waals surface area contributed by atoms with E-state index < -0.39 is 8.24 Å². The molecule has 1 heterocycles. The van der Waals surface area contributed by atoms with Crippen molar-refractivity contribution in [2.45, 2.75) is 64.6 Å². The van der Waals surface area contributed by atoms with Gasteiger partial charge in [-0.05, 0) is 60.7 Å². The summed E-state index contributed by atoms with van der Waals surface area (Å²) in [6.07, 6.45) is 9.28. The van der Waals surface area contributed by atoms with Gasteiger partial charge in [0.15, 0.2) is 8.24 Å². The molecule has 1 aromatic carbocycles. The molecule has 0 spiro atoms. The normalized spacial score (nSPS) is 16.7. The lowest BCUT2D eigenvalue weighted by Crippen LogP contribution is -2.44. The van der Waals surface area contributed by atoms with Gasteiger partial charge >= 0.3 is 0 Å². The number of allylic oxidation sites excluding steroid dienone is 2. The van der Waals surface area contributed by atoms with Crippen LogP contribution in [0.3, 0.4) is 0 Å². The SMILES string of the molecule is CC(C)(C)[Si](C)(C)n1ccc2c(C3=CCCCC3)c(O)ccc21. The summed E-state index contributed by atoms with van der Waals surface area (Å²) >= 11 is 0. The van der Waals surface area contributed by atoms with Gasteiger partial charge in [-0.2, -0.15) is 0 Å². The van der Waals surface area contributed by atoms with Gasteiger partial charge in [0, 0.05) is 16.5 Å². The van der Waals surface area contributed by atoms with Crippen molar-refractivity contribution >= 4 is 24.7 Å². The van der Waals surface area contributed by atoms with Gasteiger partial charge in [0.2, 0.25) is 0 Å². The maximum Gasteiger partial charge on any atom is 0.161 e. The Balaban J connectivity index is 2.22. The molecular formula is C20H29NOSi. The molecule has 0 bridgehead atoms. The molecule has 1 aliphatic carbocycles. The molecule has 0 radical (unpaired) electrons. The highest BCUT2D eigenvalue weighted by Crippen LogP contribution is 2.42. The number of rotatable bonds is 2. The van der Waals surface area contributed by atoms with E-state index in [1.165, 1.54) is 29.3 Å². The smallest absolute Gasteiger partial charge is 0.161 e. The number of hydrogen-bond acceptors (Lipinski definition) is 1. The van der Waals surface area contributed by atoms with Gasteiger partial charge in [-0.1, -0.05) is 39.9 Å². The van der Waals surface area contributed by atoms with E-state index in [0.29, 0.717) is 5.75 Å². The first-order valence-electron chi connectivity index (χ1n) is 8.76. The third kappa shape index (κ3) is 2.65. The quantitative estimate of drug-likeness (QED) is 0.657. The van der Waals surface area contributed by atoms with Crippen LogP contribution in [0.1, 0.15) is 52.0 Å². The van der Waals surface area contributed by atoms with Crippen LogP contribution in [0.2, 0.25) is 18.1 Å². The van der Waals surface area contributed by atoms with Crippen LogP contribution in [0.4, 0.5) is 0 Å². The summed E-state index contributed by atoms with van der Waals surface area (Å²) < 4.78 is 2.51. The van der Waals surface area contributed by atoms with Gasteiger partial charge < -0.3 is 9.34 Å². The van der Waals surface area contributed by atoms with Crippen molar-refractivity contribution in [2.75, 3.05) is 0 Å². The van der Waals surface area contributed by atoms with Crippen LogP contribution in [0.25, 0.3) is 16.5 Å². The second-order valence-electron chi connectivity index (χ2n) is 8.36. The first kappa shape index (κ1) is 16.4. The summed E-state index contributed by atoms with van der Waals surface area (Å²) in [6.45, 7) is 11.9. The second-order valence-corrected chi connectivity index (χ2v) is 13.5. The zero-order chi connectivity index (χ0) is 16.8. The minimum Gasteiger partial charge on any atom is -0.507 e. The number of aromatic nitrogens is 1. The molecule has 0 atom stereocenters. The molecule has 0 aliphatic heterocycles. The zero-order valence-electron chi connectivity index (χ0n) is 15.1. The molecule has 0 saturated carbocycles. The van der Waals surface area contributed by atoms with Crippen molar-refractivity contribution in [3.63, 3.8) is 0 Å². The average Bonchev–Trinajstić information content (AvgIpc) is 2.91. The van der Waals surface area contributed by atoms with Gasteiger partial charge in [0.05, 0.1) is 0 Å². The molecule has 2 aromatic rings. The van der Waals surface area contributed by atoms with E-state index in [-0.39, 0.29) is 5.04 Å². The average molecular weight is 328 g/mol. The van der Waals surface area contributed by atoms with E-state index in [1.807, 2.05) is 6.07 Å². The Labute approximate surface area is 140 Å². The largest absolute Gasteiger partial charge is 0.507 e. The summed E-state index contributed by atoms with van der Waals surface area (Å²) in [4.78, 5) is 0. The van der Waals surface area contributed by atoms with Crippen molar-refractivity contribution in [2.24, 2.45) is 0 Å². The number of nitrogens with zero attached hydrogens (tertiary/aromatic N) is 1. The van der Waals surface area contributed by atoms with Crippen LogP contribution in [0, 0.1) is 0 Å². The lowest BCUT2D eigenvalue weighted by atomic mass is 9.91. The topological polar surface area (TPSA) is 25.2 Å². The second kappa shape index (κ2) is 5.55. The number of hydrogen-bond donors (Lipinski definition) is 1. The van der Waals surface area contributed by atoms with Crippen molar-refractivity contribution in [1.82, 2.24) is 4.23 Å². The lowest BCUT2D eigenvalue weighted by Gasteiger charge is -2.38. The maximum atomic E-state index is 10.5. The van der Waals surface area contributed by atoms with Crippen LogP contribution in [-0.4, -0.2) is 17.6 Å². The highest BCUT2D eigenvalue weighted by Gasteiger charge is 2.38. The predicted octanol–water partition coefficient (Wildman–Crippen LogP) is 6.16. The fraction of sp³-hybridized carbons (Fsp3) is 0.500. The number of aromatic hydroxyl groups is 1. The molecule has 0 fully saturated rings. The first-order chi connectivity index (χ1) is 10.7. The maximum absolute atomic E-state index is 10.5. The summed E-state index contributed by atoms with van der Waals surface area (Å²) in [5.41, 5.74) is 3.67. The van der Waals surface area contributed by atoms with Crippen molar-refractivity contribution in [3.8, 4) is 5.75 Å². The first-order valence-corrected chi connectivity index (χ1v) is 11.7. The molecule has 1 aliphatic rings. The van der Waals surface area contributed by atoms with E-state index in [4.69, 9.17) is 0 Å². The Kier molecular flexibility index (Phi) is 3.95. The molecule has 0 saturated heterocycles. The minimum absolute atomic E-state index is 0.279. The van der Waals surface area contributed by atoms with Gasteiger partial charge in [-0.15, -0.1) is 0 Å². The molecule has 3 rings (SSSR count). The summed E-state index contributed by atoms with van der Waals surface area (Å²) in [5.74, 6) is 0.429. The molecule has 0 unspecified atom stereocenters. The summed E-state index contributed by atoms with van der Waals surface area (Å²) in [6, 6.07) is 6.19. The third-order valence-electron chi connectivity index (χ3n) is 5.90. The van der Waals surface area contributed by atoms with Crippen molar-refractivity contribution < 1.29 is 5.11 Å². The molecule has 124 valence electrons. The molecule has 3 heteroatoms. The standard InChI is InChI=1S/C20H29NOSi/c1-20(2,3)23(4,5)21-14-13-16-17(21)11-12-18(22)19(16)15-9-7-6-8-10-15/h9,11-14,22H,6-8,10H2,1-5H3. The molecule has 2 nitrogen and oxygen atoms in total. The number of fused-ring (bicyclic) bond motifs is 1. The minimum atomic E-state index is -1.67. The Bertz CT molecular complexity index is 762. The molecule has 1 aromatic heterocycles. The van der Waals surface area contributed by atoms with E-state index in [1.54, 1.807) is 0 Å². The highest BCUT2D eigenvalue weighted by atomic mass is 28.3. The molecular weight excluding hydrogens is 298 g/mol. The van der Waals surface area contributed by atoms with E-state index in [9.17, 15) is 5.11 Å². The number of benzene rings is 1. The zero-order valence-corrected chi connectivity index (χ0v) is 16.1. The van der Waals surface area contributed by atoms with Gasteiger partial charge in [-0.25, -0.2) is 0 Å². The summed E-state index contributed by atoms with van der Waals surface area (Å²) in [7, 11) is -1.67. The van der Waals surface area contributed by atoms with Crippen LogP contribution in [-0.2, 0) is 0 Å². The fourth-order valence-corrected chi connectivity index (χ4v) is 5.42. The monoisotopic (exact) mass is 327 g/mol. The summed E-state index contributed by atoms with van der Waals surface area (Å²) in [5, 5.41) is 12.0. The van der Waals surface area contributed by atoms with Gasteiger partial charge in [0.1, 0.15) is 5.75 Å². The van der Waals surface area contributed by atoms with E-state index in [0.717, 1.165) is 18.4 Å². The number of phenols is 1. The third-order valence-corrected chi connectivity index (χ3v) is 11.2. The van der Waals surface area contributed by atoms with Crippen molar-refractivity contribution in [1.29, 1.82) is 0 Å². The van der Waals surface area contributed by atoms with Crippen LogP contribution >= 0.6 is 0 Å². The van der Waals surface area contributed by atoms with E-state index in [2.05, 4.69) is 62.5 Å². The van der Waals surface area contributed by atoms with Crippen LogP contribution in [0.5, 0.6) is 5.75 Å². The molecule has 0 amide bonds. The molecule has 23 heavy (non-hydrogen) atoms. The Hall–Kier alpha value is -1.48. The van der Waals surface area contributed by atoms with Gasteiger partial charge in [0.25, 0.3) is 0 Å².